The van der Waals surface area contributed by atoms with Crippen molar-refractivity contribution in [1.29, 1.82) is 0 Å². The van der Waals surface area contributed by atoms with Crippen LogP contribution in [0, 0.1) is 12.8 Å². The van der Waals surface area contributed by atoms with Crippen molar-refractivity contribution in [3.05, 3.63) is 47.8 Å². The monoisotopic (exact) mass is 498 g/mol. The van der Waals surface area contributed by atoms with Crippen molar-refractivity contribution in [3.63, 3.8) is 0 Å². The molecule has 5 rings (SSSR count). The van der Waals surface area contributed by atoms with Crippen LogP contribution in [0.1, 0.15) is 80.7 Å². The van der Waals surface area contributed by atoms with Gasteiger partial charge >= 0.3 is 0 Å². The number of hydrogen-bond acceptors (Lipinski definition) is 6. The highest BCUT2D eigenvalue weighted by atomic mass is 19.3. The Hall–Kier alpha value is -2.88. The molecule has 194 valence electrons. The highest BCUT2D eigenvalue weighted by molar-refractivity contribution is 5.59. The second-order valence-electron chi connectivity index (χ2n) is 10.2. The summed E-state index contributed by atoms with van der Waals surface area (Å²) in [5, 5.41) is 12.6. The minimum Gasteiger partial charge on any atom is -0.375 e. The molecule has 1 saturated carbocycles. The lowest BCUT2D eigenvalue weighted by Crippen LogP contribution is -2.34. The summed E-state index contributed by atoms with van der Waals surface area (Å²) < 4.78 is 31.6. The molecular weight excluding hydrogens is 462 g/mol. The average Bonchev–Trinajstić information content (AvgIpc) is 3.50. The average molecular weight is 499 g/mol. The molecule has 0 amide bonds. The number of nitrogens with one attached hydrogen (secondary N) is 1. The van der Waals surface area contributed by atoms with E-state index >= 15 is 0 Å². The fraction of sp³-hybridized carbons (Fsp3) is 0.615. The van der Waals surface area contributed by atoms with Crippen LogP contribution in [0.25, 0.3) is 11.5 Å². The second-order valence-corrected chi connectivity index (χ2v) is 10.2. The van der Waals surface area contributed by atoms with Crippen LogP contribution < -0.4 is 5.32 Å². The van der Waals surface area contributed by atoms with Gasteiger partial charge in [-0.05, 0) is 64.6 Å². The quantitative estimate of drug-likeness (QED) is 0.483. The number of aromatic nitrogens is 6. The van der Waals surface area contributed by atoms with E-state index in [4.69, 9.17) is 15.1 Å². The fourth-order valence-corrected chi connectivity index (χ4v) is 5.51. The predicted molar refractivity (Wildman–Crippen MR) is 134 cm³/mol. The summed E-state index contributed by atoms with van der Waals surface area (Å²) in [7, 11) is 0. The van der Waals surface area contributed by atoms with E-state index in [0.29, 0.717) is 30.9 Å². The van der Waals surface area contributed by atoms with Crippen molar-refractivity contribution in [2.24, 2.45) is 5.92 Å². The molecule has 0 radical (unpaired) electrons. The maximum absolute atomic E-state index is 14.0. The summed E-state index contributed by atoms with van der Waals surface area (Å²) in [5.41, 5.74) is 4.16. The molecule has 1 saturated heterocycles. The maximum atomic E-state index is 14.0. The lowest BCUT2D eigenvalue weighted by atomic mass is 9.81. The minimum atomic E-state index is -2.60. The van der Waals surface area contributed by atoms with Crippen molar-refractivity contribution < 1.29 is 8.78 Å². The van der Waals surface area contributed by atoms with E-state index in [1.807, 2.05) is 30.8 Å². The third-order valence-electron chi connectivity index (χ3n) is 7.63. The smallest absolute Gasteiger partial charge is 0.251 e. The van der Waals surface area contributed by atoms with Crippen LogP contribution in [0.2, 0.25) is 0 Å². The molecule has 0 bridgehead atoms. The molecule has 2 aliphatic rings. The van der Waals surface area contributed by atoms with Crippen molar-refractivity contribution in [1.82, 2.24) is 39.6 Å². The first kappa shape index (κ1) is 24.8. The topological polar surface area (TPSA) is 76.2 Å². The van der Waals surface area contributed by atoms with Crippen molar-refractivity contribution >= 4 is 11.5 Å². The summed E-state index contributed by atoms with van der Waals surface area (Å²) in [6.45, 7) is 11.9. The van der Waals surface area contributed by atoms with Gasteiger partial charge in [0.1, 0.15) is 0 Å². The molecule has 1 unspecified atom stereocenters. The van der Waals surface area contributed by atoms with Gasteiger partial charge in [0.15, 0.2) is 0 Å². The Morgan fingerprint density at radius 2 is 1.94 bits per heavy atom. The van der Waals surface area contributed by atoms with Crippen LogP contribution >= 0.6 is 0 Å². The first-order valence-corrected chi connectivity index (χ1v) is 13.1. The molecule has 0 aromatic carbocycles. The third-order valence-corrected chi connectivity index (χ3v) is 7.63. The van der Waals surface area contributed by atoms with E-state index in [1.165, 1.54) is 19.3 Å². The van der Waals surface area contributed by atoms with Crippen LogP contribution in [-0.2, 0) is 13.1 Å². The molecule has 36 heavy (non-hydrogen) atoms. The number of rotatable bonds is 8. The van der Waals surface area contributed by atoms with Gasteiger partial charge in [0, 0.05) is 32.1 Å². The number of hydrogen-bond donors (Lipinski definition) is 1. The number of likely N-dealkylation sites (tertiary alicyclic amines) is 1. The van der Waals surface area contributed by atoms with Gasteiger partial charge in [-0.15, -0.1) is 0 Å². The second kappa shape index (κ2) is 10.2. The Bertz CT molecular complexity index is 1200. The molecule has 8 nitrogen and oxygen atoms in total. The summed E-state index contributed by atoms with van der Waals surface area (Å²) in [4.78, 5) is 12.1. The van der Waals surface area contributed by atoms with Crippen LogP contribution in [0.4, 0.5) is 8.78 Å². The Balaban J connectivity index is 1.44. The Labute approximate surface area is 210 Å². The molecule has 1 aliphatic heterocycles. The zero-order valence-corrected chi connectivity index (χ0v) is 21.3. The third kappa shape index (κ3) is 5.28. The van der Waals surface area contributed by atoms with Crippen LogP contribution in [0.15, 0.2) is 25.0 Å². The highest BCUT2D eigenvalue weighted by Crippen LogP contribution is 2.41. The number of nitrogens with zero attached hydrogens (tertiary/aromatic N) is 7. The standard InChI is InChI=1S/C26H36F2N8/c1-4-35-23(10-13-29-35)19(3)30-24(20-8-11-26(27,28)12-9-20)22-17-36-25(32-22)31-21(18(2)33-36)16-34-14-6-5-7-15-34/h10,13,17,20,24,30H,3-9,11-12,14-16H2,1-2H3. The van der Waals surface area contributed by atoms with Crippen molar-refractivity contribution in [2.75, 3.05) is 13.1 Å². The van der Waals surface area contributed by atoms with E-state index < -0.39 is 5.92 Å². The van der Waals surface area contributed by atoms with Crippen LogP contribution in [0.3, 0.4) is 0 Å². The summed E-state index contributed by atoms with van der Waals surface area (Å²) in [5.74, 6) is -2.06. The van der Waals surface area contributed by atoms with Crippen molar-refractivity contribution in [2.45, 2.75) is 83.8 Å². The maximum Gasteiger partial charge on any atom is 0.251 e. The fourth-order valence-electron chi connectivity index (χ4n) is 5.51. The SMILES string of the molecule is C=C(NC(c1cn2nc(C)c(CN3CCCCC3)nc2n1)C1CCC(F)(F)CC1)c1ccnn1CC. The number of halogens is 2. The molecule has 1 N–H and O–H groups in total. The lowest BCUT2D eigenvalue weighted by molar-refractivity contribution is -0.0493. The van der Waals surface area contributed by atoms with Gasteiger partial charge in [-0.25, -0.2) is 23.3 Å². The van der Waals surface area contributed by atoms with Gasteiger partial charge in [-0.1, -0.05) is 13.0 Å². The van der Waals surface area contributed by atoms with Crippen LogP contribution in [0.5, 0.6) is 0 Å². The number of alkyl halides is 2. The number of fused-ring (bicyclic) bond motifs is 1. The Morgan fingerprint density at radius 3 is 2.67 bits per heavy atom. The van der Waals surface area contributed by atoms with E-state index in [9.17, 15) is 8.78 Å². The number of piperidine rings is 1. The number of aryl methyl sites for hydroxylation is 2. The van der Waals surface area contributed by atoms with E-state index in [-0.39, 0.29) is 24.8 Å². The van der Waals surface area contributed by atoms with Gasteiger partial charge in [0.25, 0.3) is 5.78 Å². The van der Waals surface area contributed by atoms with E-state index in [2.05, 4.69) is 21.9 Å². The first-order valence-electron chi connectivity index (χ1n) is 13.1. The molecular formula is C26H36F2N8. The molecule has 3 aromatic heterocycles. The molecule has 2 fully saturated rings. The van der Waals surface area contributed by atoms with Gasteiger partial charge < -0.3 is 5.32 Å². The number of imidazole rings is 1. The molecule has 3 aromatic rings. The molecule has 1 atom stereocenters. The molecule has 1 aliphatic carbocycles. The first-order chi connectivity index (χ1) is 17.3. The van der Waals surface area contributed by atoms with Gasteiger partial charge in [-0.3, -0.25) is 9.58 Å². The summed E-state index contributed by atoms with van der Waals surface area (Å²) >= 11 is 0. The largest absolute Gasteiger partial charge is 0.375 e. The van der Waals surface area contributed by atoms with E-state index in [1.54, 1.807) is 10.7 Å². The Kier molecular flexibility index (Phi) is 7.05. The summed E-state index contributed by atoms with van der Waals surface area (Å²) in [6, 6.07) is 1.64. The van der Waals surface area contributed by atoms with Gasteiger partial charge in [-0.2, -0.15) is 10.2 Å². The molecule has 0 spiro atoms. The normalized spacial score (nSPS) is 20.0. The van der Waals surface area contributed by atoms with Gasteiger partial charge in [0.05, 0.1) is 40.7 Å². The van der Waals surface area contributed by atoms with Crippen LogP contribution in [-0.4, -0.2) is 53.3 Å². The van der Waals surface area contributed by atoms with E-state index in [0.717, 1.165) is 42.4 Å². The Morgan fingerprint density at radius 1 is 1.19 bits per heavy atom. The highest BCUT2D eigenvalue weighted by Gasteiger charge is 2.39. The predicted octanol–water partition coefficient (Wildman–Crippen LogP) is 4.76. The molecule has 10 heteroatoms. The molecule has 4 heterocycles. The zero-order valence-electron chi connectivity index (χ0n) is 21.3. The zero-order chi connectivity index (χ0) is 25.3. The lowest BCUT2D eigenvalue weighted by Gasteiger charge is -2.34. The van der Waals surface area contributed by atoms with Gasteiger partial charge in [0.2, 0.25) is 5.92 Å². The van der Waals surface area contributed by atoms with Crippen molar-refractivity contribution in [3.8, 4) is 0 Å². The summed E-state index contributed by atoms with van der Waals surface area (Å²) in [6.07, 6.45) is 7.96. The minimum absolute atomic E-state index is 0.00166.